The third-order valence-corrected chi connectivity index (χ3v) is 8.83. The van der Waals surface area contributed by atoms with E-state index in [1.54, 1.807) is 0 Å². The number of esters is 2. The molecule has 0 bridgehead atoms. The van der Waals surface area contributed by atoms with Gasteiger partial charge in [-0.25, -0.2) is 4.57 Å². The second kappa shape index (κ2) is 32.8. The van der Waals surface area contributed by atoms with Crippen LogP contribution in [0.5, 0.6) is 0 Å². The van der Waals surface area contributed by atoms with Crippen molar-refractivity contribution in [1.82, 2.24) is 0 Å². The van der Waals surface area contributed by atoms with Crippen molar-refractivity contribution in [2.75, 3.05) is 47.5 Å². The van der Waals surface area contributed by atoms with E-state index in [4.69, 9.17) is 18.5 Å². The summed E-state index contributed by atoms with van der Waals surface area (Å²) in [5.41, 5.74) is 0. The minimum Gasteiger partial charge on any atom is -0.462 e. The largest absolute Gasteiger partial charge is 0.472 e. The molecule has 0 aromatic rings. The van der Waals surface area contributed by atoms with Gasteiger partial charge in [0, 0.05) is 12.8 Å². The predicted octanol–water partition coefficient (Wildman–Crippen LogP) is 10.3. The highest BCUT2D eigenvalue weighted by molar-refractivity contribution is 7.47. The van der Waals surface area contributed by atoms with E-state index >= 15 is 0 Å². The number of ether oxygens (including phenoxy) is 2. The van der Waals surface area contributed by atoms with Crippen molar-refractivity contribution in [2.45, 2.75) is 148 Å². The van der Waals surface area contributed by atoms with Gasteiger partial charge in [-0.3, -0.25) is 18.6 Å². The molecule has 0 aromatic heterocycles. The Morgan fingerprint density at radius 2 is 1.14 bits per heavy atom. The van der Waals surface area contributed by atoms with Gasteiger partial charge in [-0.1, -0.05) is 114 Å². The van der Waals surface area contributed by atoms with Gasteiger partial charge >= 0.3 is 19.8 Å². The molecule has 0 fully saturated rings. The molecule has 50 heavy (non-hydrogen) atoms. The van der Waals surface area contributed by atoms with Crippen molar-refractivity contribution in [2.24, 2.45) is 0 Å². The first kappa shape index (κ1) is 48.0. The molecule has 9 nitrogen and oxygen atoms in total. The number of unbranched alkanes of at least 4 members (excludes halogenated alkanes) is 12. The van der Waals surface area contributed by atoms with Crippen molar-refractivity contribution in [3.05, 3.63) is 48.6 Å². The summed E-state index contributed by atoms with van der Waals surface area (Å²) in [6.45, 7) is 4.21. The molecule has 0 heterocycles. The number of nitrogens with zero attached hydrogens (tertiary/aromatic N) is 1. The minimum atomic E-state index is -4.37. The zero-order valence-corrected chi connectivity index (χ0v) is 33.3. The fourth-order valence-electron chi connectivity index (χ4n) is 4.77. The average Bonchev–Trinajstić information content (AvgIpc) is 3.06. The maximum absolute atomic E-state index is 12.6. The fourth-order valence-corrected chi connectivity index (χ4v) is 5.51. The lowest BCUT2D eigenvalue weighted by molar-refractivity contribution is -0.870. The number of likely N-dealkylation sites (N-methyl/N-ethyl adjacent to an activating group) is 1. The monoisotopic (exact) mass is 727 g/mol. The Kier molecular flexibility index (Phi) is 31.5. The lowest BCUT2D eigenvalue weighted by Gasteiger charge is -2.24. The molecular formula is C40H73NO8P+. The van der Waals surface area contributed by atoms with Gasteiger partial charge in [-0.05, 0) is 64.2 Å². The van der Waals surface area contributed by atoms with E-state index in [-0.39, 0.29) is 32.0 Å². The Labute approximate surface area is 305 Å². The third kappa shape index (κ3) is 35.8. The van der Waals surface area contributed by atoms with Crippen LogP contribution >= 0.6 is 7.82 Å². The summed E-state index contributed by atoms with van der Waals surface area (Å²) in [5.74, 6) is -0.836. The van der Waals surface area contributed by atoms with Gasteiger partial charge in [0.15, 0.2) is 6.10 Å². The Balaban J connectivity index is 4.48. The number of carbonyl (C=O) groups is 2. The summed E-state index contributed by atoms with van der Waals surface area (Å²) in [5, 5.41) is 0. The first-order valence-corrected chi connectivity index (χ1v) is 20.9. The van der Waals surface area contributed by atoms with Crippen LogP contribution in [-0.4, -0.2) is 74.9 Å². The van der Waals surface area contributed by atoms with E-state index in [1.807, 2.05) is 21.1 Å². The van der Waals surface area contributed by atoms with E-state index in [0.717, 1.165) is 96.3 Å². The van der Waals surface area contributed by atoms with Crippen LogP contribution in [0.25, 0.3) is 0 Å². The molecule has 0 aliphatic heterocycles. The van der Waals surface area contributed by atoms with Gasteiger partial charge in [-0.15, -0.1) is 0 Å². The topological polar surface area (TPSA) is 108 Å². The van der Waals surface area contributed by atoms with Crippen LogP contribution in [0.2, 0.25) is 0 Å². The van der Waals surface area contributed by atoms with Crippen LogP contribution < -0.4 is 0 Å². The SMILES string of the molecule is CC/C=C\C/C=C\C/C=C\CCCCCCCC(=O)OC(COC(=O)CCCCCCC/C=C\CCCC)COP(=O)(O)OCC[N+](C)(C)C. The molecule has 2 unspecified atom stereocenters. The quantitative estimate of drug-likeness (QED) is 0.0230. The molecule has 0 aliphatic carbocycles. The molecule has 0 rings (SSSR count). The van der Waals surface area contributed by atoms with Crippen LogP contribution in [0.15, 0.2) is 48.6 Å². The summed E-state index contributed by atoms with van der Waals surface area (Å²) < 4.78 is 34.1. The van der Waals surface area contributed by atoms with Gasteiger partial charge < -0.3 is 18.9 Å². The first-order chi connectivity index (χ1) is 24.0. The zero-order chi connectivity index (χ0) is 37.2. The minimum absolute atomic E-state index is 0.0250. The molecule has 1 N–H and O–H groups in total. The number of carbonyl (C=O) groups excluding carboxylic acids is 2. The molecule has 0 aromatic carbocycles. The number of hydrogen-bond donors (Lipinski definition) is 1. The maximum Gasteiger partial charge on any atom is 0.472 e. The van der Waals surface area contributed by atoms with Crippen LogP contribution in [0, 0.1) is 0 Å². The molecule has 0 radical (unpaired) electrons. The van der Waals surface area contributed by atoms with Crippen LogP contribution in [0.1, 0.15) is 142 Å². The summed E-state index contributed by atoms with van der Waals surface area (Å²) in [6.07, 6.45) is 35.9. The van der Waals surface area contributed by atoms with E-state index in [1.165, 1.54) is 12.8 Å². The Hall–Kier alpha value is -2.03. The molecule has 2 atom stereocenters. The second-order valence-corrected chi connectivity index (χ2v) is 15.4. The highest BCUT2D eigenvalue weighted by Gasteiger charge is 2.27. The first-order valence-electron chi connectivity index (χ1n) is 19.4. The van der Waals surface area contributed by atoms with Gasteiger partial charge in [0.1, 0.15) is 19.8 Å². The number of rotatable bonds is 34. The van der Waals surface area contributed by atoms with Crippen molar-refractivity contribution >= 4 is 19.8 Å². The van der Waals surface area contributed by atoms with Gasteiger partial charge in [0.25, 0.3) is 0 Å². The molecular weight excluding hydrogens is 653 g/mol. The lowest BCUT2D eigenvalue weighted by Crippen LogP contribution is -2.37. The standard InChI is InChI=1S/C40H72NO8P/c1-6-8-10-12-14-16-18-19-20-21-23-25-27-29-31-33-40(43)49-38(37-48-50(44,45)47-35-34-41(3,4)5)36-46-39(42)32-30-28-26-24-22-17-15-13-11-9-7-2/h8,10,13-16,19-20,38H,6-7,9,11-12,17-18,21-37H2,1-5H3/p+1/b10-8-,15-13-,16-14-,20-19-. The van der Waals surface area contributed by atoms with Crippen molar-refractivity contribution in [3.8, 4) is 0 Å². The van der Waals surface area contributed by atoms with E-state index in [2.05, 4.69) is 62.5 Å². The number of allylic oxidation sites excluding steroid dienone is 8. The average molecular weight is 727 g/mol. The Bertz CT molecular complexity index is 1000. The highest BCUT2D eigenvalue weighted by Crippen LogP contribution is 2.43. The smallest absolute Gasteiger partial charge is 0.462 e. The van der Waals surface area contributed by atoms with Gasteiger partial charge in [-0.2, -0.15) is 0 Å². The third-order valence-electron chi connectivity index (χ3n) is 7.84. The normalized spacial score (nSPS) is 14.3. The van der Waals surface area contributed by atoms with Crippen molar-refractivity contribution in [3.63, 3.8) is 0 Å². The summed E-state index contributed by atoms with van der Waals surface area (Å²) >= 11 is 0. The van der Waals surface area contributed by atoms with E-state index in [9.17, 15) is 19.0 Å². The number of phosphoric acid groups is 1. The fraction of sp³-hybridized carbons (Fsp3) is 0.750. The Morgan fingerprint density at radius 1 is 0.640 bits per heavy atom. The van der Waals surface area contributed by atoms with Gasteiger partial charge in [0.2, 0.25) is 0 Å². The lowest BCUT2D eigenvalue weighted by atomic mass is 10.1. The molecule has 290 valence electrons. The van der Waals surface area contributed by atoms with Crippen molar-refractivity contribution < 1.29 is 42.1 Å². The van der Waals surface area contributed by atoms with Crippen LogP contribution in [0.3, 0.4) is 0 Å². The maximum atomic E-state index is 12.6. The summed E-state index contributed by atoms with van der Waals surface area (Å²) in [7, 11) is 1.45. The predicted molar refractivity (Wildman–Crippen MR) is 206 cm³/mol. The van der Waals surface area contributed by atoms with Crippen LogP contribution in [0.4, 0.5) is 0 Å². The molecule has 0 aliphatic rings. The van der Waals surface area contributed by atoms with E-state index in [0.29, 0.717) is 17.4 Å². The second-order valence-electron chi connectivity index (χ2n) is 13.9. The van der Waals surface area contributed by atoms with Crippen molar-refractivity contribution in [1.29, 1.82) is 0 Å². The summed E-state index contributed by atoms with van der Waals surface area (Å²) in [4.78, 5) is 35.2. The highest BCUT2D eigenvalue weighted by atomic mass is 31.2. The number of phosphoric ester groups is 1. The molecule has 0 amide bonds. The Morgan fingerprint density at radius 3 is 1.72 bits per heavy atom. The zero-order valence-electron chi connectivity index (χ0n) is 32.4. The van der Waals surface area contributed by atoms with Crippen LogP contribution in [-0.2, 0) is 32.7 Å². The molecule has 0 spiro atoms. The number of hydrogen-bond acceptors (Lipinski definition) is 7. The molecule has 0 saturated heterocycles. The summed E-state index contributed by atoms with van der Waals surface area (Å²) in [6, 6.07) is 0. The van der Waals surface area contributed by atoms with Gasteiger partial charge in [0.05, 0.1) is 27.7 Å². The molecule has 0 saturated carbocycles. The molecule has 10 heteroatoms. The van der Waals surface area contributed by atoms with E-state index < -0.39 is 26.5 Å². The number of quaternary nitrogens is 1.